The molecule has 0 spiro atoms. The molecule has 1 aromatic carbocycles. The molecule has 2 fully saturated rings. The topological polar surface area (TPSA) is 62.3 Å². The van der Waals surface area contributed by atoms with Gasteiger partial charge in [0.15, 0.2) is 0 Å². The van der Waals surface area contributed by atoms with Gasteiger partial charge in [-0.05, 0) is 57.2 Å². The third-order valence-corrected chi connectivity index (χ3v) is 7.65. The maximum atomic E-state index is 13.4. The van der Waals surface area contributed by atoms with Gasteiger partial charge in [0.2, 0.25) is 10.0 Å². The number of nitrogens with one attached hydrogen (secondary N) is 1. The first-order valence-electron chi connectivity index (χ1n) is 9.86. The van der Waals surface area contributed by atoms with Crippen molar-refractivity contribution < 1.29 is 8.42 Å². The van der Waals surface area contributed by atoms with Crippen molar-refractivity contribution >= 4 is 15.8 Å². The van der Waals surface area contributed by atoms with Gasteiger partial charge in [0.05, 0.1) is 10.9 Å². The lowest BCUT2D eigenvalue weighted by Gasteiger charge is -2.36. The summed E-state index contributed by atoms with van der Waals surface area (Å²) in [6.45, 7) is 2.52. The summed E-state index contributed by atoms with van der Waals surface area (Å²) in [4.78, 5) is 4.92. The number of aryl methyl sites for hydroxylation is 1. The van der Waals surface area contributed by atoms with Gasteiger partial charge in [-0.15, -0.1) is 0 Å². The first-order chi connectivity index (χ1) is 13.1. The van der Waals surface area contributed by atoms with Crippen molar-refractivity contribution in [2.24, 2.45) is 0 Å². The Morgan fingerprint density at radius 1 is 1.04 bits per heavy atom. The van der Waals surface area contributed by atoms with Crippen LogP contribution in [0.5, 0.6) is 0 Å². The Labute approximate surface area is 161 Å². The summed E-state index contributed by atoms with van der Waals surface area (Å²) >= 11 is 0. The minimum atomic E-state index is -3.54. The van der Waals surface area contributed by atoms with Crippen molar-refractivity contribution in [2.45, 2.75) is 62.4 Å². The number of rotatable bonds is 5. The third-order valence-electron chi connectivity index (χ3n) is 5.73. The molecule has 4 rings (SSSR count). The molecule has 144 valence electrons. The van der Waals surface area contributed by atoms with E-state index in [4.69, 9.17) is 0 Å². The van der Waals surface area contributed by atoms with Crippen LogP contribution in [0.4, 0.5) is 5.82 Å². The molecule has 1 aliphatic carbocycles. The average molecular weight is 386 g/mol. The van der Waals surface area contributed by atoms with E-state index in [1.54, 1.807) is 22.6 Å². The lowest BCUT2D eigenvalue weighted by molar-refractivity contribution is 0.256. The zero-order valence-electron chi connectivity index (χ0n) is 15.8. The van der Waals surface area contributed by atoms with Crippen LogP contribution in [0.1, 0.15) is 55.7 Å². The van der Waals surface area contributed by atoms with E-state index in [0.29, 0.717) is 17.5 Å². The monoisotopic (exact) mass is 385 g/mol. The van der Waals surface area contributed by atoms with Crippen LogP contribution < -0.4 is 5.32 Å². The van der Waals surface area contributed by atoms with E-state index in [1.165, 1.54) is 6.42 Å². The average Bonchev–Trinajstić information content (AvgIpc) is 2.65. The Hall–Kier alpha value is -1.92. The standard InChI is InChI=1S/C21H27N3O2S/c1-16-10-12-18(13-11-16)27(25,26)24-15-3-2-9-20(24)19-8-5-14-22-21(19)23-17-6-4-7-17/h5,8,10-14,17,20H,2-4,6-7,9,15H2,1H3,(H,22,23)/t20-/m0/s1. The van der Waals surface area contributed by atoms with Crippen LogP contribution in [0, 0.1) is 6.92 Å². The van der Waals surface area contributed by atoms with Crippen LogP contribution in [0.2, 0.25) is 0 Å². The number of sulfonamides is 1. The summed E-state index contributed by atoms with van der Waals surface area (Å²) in [6.07, 6.45) is 8.10. The summed E-state index contributed by atoms with van der Waals surface area (Å²) in [6, 6.07) is 11.4. The first kappa shape index (κ1) is 18.4. The van der Waals surface area contributed by atoms with Crippen LogP contribution in [-0.2, 0) is 10.0 Å². The van der Waals surface area contributed by atoms with Crippen LogP contribution in [0.15, 0.2) is 47.5 Å². The molecule has 2 heterocycles. The Balaban J connectivity index is 1.68. The Morgan fingerprint density at radius 2 is 1.81 bits per heavy atom. The Kier molecular flexibility index (Phi) is 5.19. The van der Waals surface area contributed by atoms with Gasteiger partial charge < -0.3 is 5.32 Å². The van der Waals surface area contributed by atoms with Gasteiger partial charge in [-0.1, -0.05) is 30.2 Å². The molecule has 0 bridgehead atoms. The lowest BCUT2D eigenvalue weighted by Crippen LogP contribution is -2.39. The molecular formula is C21H27N3O2S. The predicted octanol–water partition coefficient (Wildman–Crippen LogP) is 4.27. The quantitative estimate of drug-likeness (QED) is 0.835. The molecule has 6 heteroatoms. The van der Waals surface area contributed by atoms with Gasteiger partial charge in [0.1, 0.15) is 5.82 Å². The highest BCUT2D eigenvalue weighted by Crippen LogP contribution is 2.38. The molecule has 1 saturated heterocycles. The van der Waals surface area contributed by atoms with Crippen LogP contribution >= 0.6 is 0 Å². The van der Waals surface area contributed by atoms with Crippen molar-refractivity contribution in [3.63, 3.8) is 0 Å². The Morgan fingerprint density at radius 3 is 2.52 bits per heavy atom. The molecule has 1 atom stereocenters. The van der Waals surface area contributed by atoms with E-state index in [2.05, 4.69) is 10.3 Å². The van der Waals surface area contributed by atoms with Crippen molar-refractivity contribution in [3.05, 3.63) is 53.7 Å². The molecule has 1 saturated carbocycles. The molecule has 0 unspecified atom stereocenters. The number of hydrogen-bond donors (Lipinski definition) is 1. The third kappa shape index (κ3) is 3.73. The summed E-state index contributed by atoms with van der Waals surface area (Å²) < 4.78 is 28.4. The summed E-state index contributed by atoms with van der Waals surface area (Å²) in [5.74, 6) is 0.846. The molecular weight excluding hydrogens is 358 g/mol. The second-order valence-electron chi connectivity index (χ2n) is 7.65. The van der Waals surface area contributed by atoms with E-state index >= 15 is 0 Å². The predicted molar refractivity (Wildman–Crippen MR) is 107 cm³/mol. The number of anilines is 1. The van der Waals surface area contributed by atoms with E-state index in [0.717, 1.165) is 49.0 Å². The van der Waals surface area contributed by atoms with Gasteiger partial charge in [0, 0.05) is 24.3 Å². The smallest absolute Gasteiger partial charge is 0.243 e. The molecule has 1 aliphatic heterocycles. The fraction of sp³-hybridized carbons (Fsp3) is 0.476. The zero-order chi connectivity index (χ0) is 18.9. The highest BCUT2D eigenvalue weighted by atomic mass is 32.2. The summed E-state index contributed by atoms with van der Waals surface area (Å²) in [5, 5.41) is 3.53. The molecule has 2 aromatic rings. The van der Waals surface area contributed by atoms with E-state index in [1.807, 2.05) is 31.2 Å². The second kappa shape index (κ2) is 7.60. The molecule has 27 heavy (non-hydrogen) atoms. The molecule has 0 radical (unpaired) electrons. The van der Waals surface area contributed by atoms with Gasteiger partial charge >= 0.3 is 0 Å². The maximum Gasteiger partial charge on any atom is 0.243 e. The number of piperidine rings is 1. The molecule has 0 amide bonds. The van der Waals surface area contributed by atoms with E-state index < -0.39 is 10.0 Å². The van der Waals surface area contributed by atoms with Gasteiger partial charge in [-0.25, -0.2) is 13.4 Å². The molecule has 1 aromatic heterocycles. The molecule has 5 nitrogen and oxygen atoms in total. The van der Waals surface area contributed by atoms with Crippen molar-refractivity contribution in [2.75, 3.05) is 11.9 Å². The fourth-order valence-electron chi connectivity index (χ4n) is 3.90. The van der Waals surface area contributed by atoms with Gasteiger partial charge in [0.25, 0.3) is 0 Å². The van der Waals surface area contributed by atoms with Gasteiger partial charge in [-0.3, -0.25) is 0 Å². The number of aromatic nitrogens is 1. The number of nitrogens with zero attached hydrogens (tertiary/aromatic N) is 2. The van der Waals surface area contributed by atoms with Crippen LogP contribution in [0.25, 0.3) is 0 Å². The maximum absolute atomic E-state index is 13.4. The number of pyridine rings is 1. The normalized spacial score (nSPS) is 21.6. The fourth-order valence-corrected chi connectivity index (χ4v) is 5.58. The summed E-state index contributed by atoms with van der Waals surface area (Å²) in [7, 11) is -3.54. The van der Waals surface area contributed by atoms with E-state index in [-0.39, 0.29) is 6.04 Å². The molecule has 1 N–H and O–H groups in total. The first-order valence-corrected chi connectivity index (χ1v) is 11.3. The van der Waals surface area contributed by atoms with Crippen LogP contribution in [0.3, 0.4) is 0 Å². The van der Waals surface area contributed by atoms with Crippen molar-refractivity contribution in [3.8, 4) is 0 Å². The molecule has 2 aliphatic rings. The number of hydrogen-bond acceptors (Lipinski definition) is 4. The van der Waals surface area contributed by atoms with Crippen LogP contribution in [-0.4, -0.2) is 30.3 Å². The minimum Gasteiger partial charge on any atom is -0.367 e. The second-order valence-corrected chi connectivity index (χ2v) is 9.54. The van der Waals surface area contributed by atoms with E-state index in [9.17, 15) is 8.42 Å². The largest absolute Gasteiger partial charge is 0.367 e. The zero-order valence-corrected chi connectivity index (χ0v) is 16.6. The number of benzene rings is 1. The van der Waals surface area contributed by atoms with Crippen molar-refractivity contribution in [1.29, 1.82) is 0 Å². The van der Waals surface area contributed by atoms with Crippen molar-refractivity contribution in [1.82, 2.24) is 9.29 Å². The van der Waals surface area contributed by atoms with Gasteiger partial charge in [-0.2, -0.15) is 4.31 Å². The Bertz CT molecular complexity index is 892. The lowest BCUT2D eigenvalue weighted by atomic mass is 9.92. The highest BCUT2D eigenvalue weighted by Gasteiger charge is 2.36. The SMILES string of the molecule is Cc1ccc(S(=O)(=O)N2CCCC[C@H]2c2cccnc2NC2CCC2)cc1. The summed E-state index contributed by atoms with van der Waals surface area (Å²) in [5.41, 5.74) is 2.06. The minimum absolute atomic E-state index is 0.165. The highest BCUT2D eigenvalue weighted by molar-refractivity contribution is 7.89.